The molecule has 3 nitrogen and oxygen atoms in total. The summed E-state index contributed by atoms with van der Waals surface area (Å²) in [7, 11) is 0. The van der Waals surface area contributed by atoms with E-state index in [1.807, 2.05) is 31.0 Å². The van der Waals surface area contributed by atoms with Crippen LogP contribution in [0.25, 0.3) is 0 Å². The summed E-state index contributed by atoms with van der Waals surface area (Å²) in [4.78, 5) is 12.5. The number of carbonyl (C=O) groups excluding carboxylic acids is 1. The zero-order chi connectivity index (χ0) is 9.68. The fraction of sp³-hybridized carbons (Fsp3) is 0.444. The van der Waals surface area contributed by atoms with Crippen molar-refractivity contribution in [2.75, 3.05) is 5.75 Å². The van der Waals surface area contributed by atoms with E-state index in [2.05, 4.69) is 0 Å². The van der Waals surface area contributed by atoms with Crippen LogP contribution in [0.4, 0.5) is 0 Å². The largest absolute Gasteiger partial charge is 0.405 e. The Kier molecular flexibility index (Phi) is 3.89. The summed E-state index contributed by atoms with van der Waals surface area (Å²) in [6, 6.07) is 0. The zero-order valence-corrected chi connectivity index (χ0v) is 8.46. The molecule has 2 aliphatic rings. The maximum atomic E-state index is 10.7. The van der Waals surface area contributed by atoms with Crippen molar-refractivity contribution < 1.29 is 4.79 Å². The van der Waals surface area contributed by atoms with Gasteiger partial charge in [-0.3, -0.25) is 4.79 Å². The summed E-state index contributed by atoms with van der Waals surface area (Å²) in [6.45, 7) is 1.88. The number of nitrogens with zero attached hydrogens (tertiary/aromatic N) is 1. The van der Waals surface area contributed by atoms with Crippen molar-refractivity contribution in [1.82, 2.24) is 4.90 Å². The molecule has 2 N–H and O–H groups in total. The van der Waals surface area contributed by atoms with Crippen molar-refractivity contribution in [1.29, 1.82) is 0 Å². The van der Waals surface area contributed by atoms with E-state index in [4.69, 9.17) is 5.73 Å². The van der Waals surface area contributed by atoms with Crippen LogP contribution in [0, 0.1) is 0 Å². The zero-order valence-electron chi connectivity index (χ0n) is 7.64. The Morgan fingerprint density at radius 2 is 2.46 bits per heavy atom. The van der Waals surface area contributed by atoms with E-state index in [1.54, 1.807) is 11.0 Å². The number of thioether (sulfide) groups is 1. The number of allylic oxidation sites excluding steroid dienone is 1. The van der Waals surface area contributed by atoms with Gasteiger partial charge in [0.1, 0.15) is 0 Å². The number of β-lactam (4-membered cyclic amide) rings is 1. The number of amides is 1. The monoisotopic (exact) mass is 198 g/mol. The van der Waals surface area contributed by atoms with E-state index in [9.17, 15) is 4.79 Å². The lowest BCUT2D eigenvalue weighted by molar-refractivity contribution is -0.137. The second kappa shape index (κ2) is 4.97. The number of hydrogen-bond acceptors (Lipinski definition) is 3. The number of carbonyl (C=O) groups is 1. The molecule has 0 saturated carbocycles. The molecular weight excluding hydrogens is 184 g/mol. The lowest BCUT2D eigenvalue weighted by Crippen LogP contribution is -2.48. The molecule has 0 bridgehead atoms. The Morgan fingerprint density at radius 3 is 2.85 bits per heavy atom. The molecule has 0 aromatic rings. The molecule has 0 aromatic heterocycles. The van der Waals surface area contributed by atoms with E-state index < -0.39 is 0 Å². The van der Waals surface area contributed by atoms with Crippen molar-refractivity contribution in [2.45, 2.75) is 18.7 Å². The highest BCUT2D eigenvalue weighted by Gasteiger charge is 2.35. The molecule has 1 fully saturated rings. The molecule has 0 radical (unpaired) electrons. The lowest BCUT2D eigenvalue weighted by Gasteiger charge is -2.39. The molecule has 72 valence electrons. The standard InChI is InChI=1S/C6H7NOS.C3H7N/c8-5-4-6-7(5)2-1-3-9-6;1-2-3-4/h1-2,6H,3-4H2;2-3H,4H2,1H3/b;3-2-/t6-;/m1./s1. The van der Waals surface area contributed by atoms with Crippen molar-refractivity contribution in [3.8, 4) is 0 Å². The minimum absolute atomic E-state index is 0.267. The van der Waals surface area contributed by atoms with Gasteiger partial charge in [0.2, 0.25) is 5.91 Å². The fourth-order valence-electron chi connectivity index (χ4n) is 1.04. The van der Waals surface area contributed by atoms with E-state index in [0.29, 0.717) is 5.37 Å². The Labute approximate surface area is 82.7 Å². The van der Waals surface area contributed by atoms with Crippen molar-refractivity contribution in [3.63, 3.8) is 0 Å². The third kappa shape index (κ3) is 2.52. The van der Waals surface area contributed by atoms with Gasteiger partial charge in [-0.1, -0.05) is 12.2 Å². The number of rotatable bonds is 0. The van der Waals surface area contributed by atoms with Crippen LogP contribution in [0.15, 0.2) is 24.6 Å². The molecule has 1 atom stereocenters. The minimum Gasteiger partial charge on any atom is -0.405 e. The topological polar surface area (TPSA) is 46.3 Å². The first-order valence-electron chi connectivity index (χ1n) is 4.22. The van der Waals surface area contributed by atoms with Crippen LogP contribution in [-0.2, 0) is 4.79 Å². The Balaban J connectivity index is 0.000000184. The summed E-state index contributed by atoms with van der Waals surface area (Å²) in [5, 5.41) is 0.475. The van der Waals surface area contributed by atoms with Gasteiger partial charge in [-0.05, 0) is 13.1 Å². The van der Waals surface area contributed by atoms with Crippen LogP contribution in [0.2, 0.25) is 0 Å². The van der Waals surface area contributed by atoms with Gasteiger partial charge in [-0.2, -0.15) is 0 Å². The van der Waals surface area contributed by atoms with Gasteiger partial charge in [0.25, 0.3) is 0 Å². The molecule has 2 heterocycles. The van der Waals surface area contributed by atoms with Crippen molar-refractivity contribution in [2.24, 2.45) is 5.73 Å². The smallest absolute Gasteiger partial charge is 0.230 e. The molecular formula is C9H14N2OS. The molecule has 13 heavy (non-hydrogen) atoms. The van der Waals surface area contributed by atoms with Crippen LogP contribution in [0.5, 0.6) is 0 Å². The fourth-order valence-corrected chi connectivity index (χ4v) is 2.07. The highest BCUT2D eigenvalue weighted by molar-refractivity contribution is 8.00. The first kappa shape index (κ1) is 10.2. The summed E-state index contributed by atoms with van der Waals surface area (Å²) < 4.78 is 0. The van der Waals surface area contributed by atoms with Gasteiger partial charge < -0.3 is 10.6 Å². The normalized spacial score (nSPS) is 24.8. The average Bonchev–Trinajstić information content (AvgIpc) is 2.17. The lowest BCUT2D eigenvalue weighted by atomic mass is 10.2. The number of nitrogens with two attached hydrogens (primary N) is 1. The highest BCUT2D eigenvalue weighted by Crippen LogP contribution is 2.32. The molecule has 2 rings (SSSR count). The van der Waals surface area contributed by atoms with Crippen molar-refractivity contribution >= 4 is 17.7 Å². The van der Waals surface area contributed by atoms with Crippen LogP contribution in [0.3, 0.4) is 0 Å². The minimum atomic E-state index is 0.267. The molecule has 1 saturated heterocycles. The highest BCUT2D eigenvalue weighted by atomic mass is 32.2. The molecule has 2 aliphatic heterocycles. The van der Waals surface area contributed by atoms with Gasteiger partial charge in [0.05, 0.1) is 11.8 Å². The van der Waals surface area contributed by atoms with E-state index in [1.165, 1.54) is 6.20 Å². The van der Waals surface area contributed by atoms with Crippen LogP contribution < -0.4 is 5.73 Å². The van der Waals surface area contributed by atoms with E-state index in [0.717, 1.165) is 12.2 Å². The first-order valence-corrected chi connectivity index (χ1v) is 5.26. The second-order valence-electron chi connectivity index (χ2n) is 2.70. The molecule has 4 heteroatoms. The Bertz CT molecular complexity index is 234. The van der Waals surface area contributed by atoms with E-state index in [-0.39, 0.29) is 5.91 Å². The van der Waals surface area contributed by atoms with Gasteiger partial charge in [0.15, 0.2) is 0 Å². The molecule has 0 unspecified atom stereocenters. The number of hydrogen-bond donors (Lipinski definition) is 1. The van der Waals surface area contributed by atoms with Gasteiger partial charge in [-0.15, -0.1) is 11.8 Å². The summed E-state index contributed by atoms with van der Waals surface area (Å²) in [5.74, 6) is 1.33. The summed E-state index contributed by atoms with van der Waals surface area (Å²) >= 11 is 1.84. The molecule has 0 aliphatic carbocycles. The summed E-state index contributed by atoms with van der Waals surface area (Å²) in [6.07, 6.45) is 7.94. The predicted octanol–water partition coefficient (Wildman–Crippen LogP) is 1.28. The van der Waals surface area contributed by atoms with Gasteiger partial charge in [-0.25, -0.2) is 0 Å². The molecule has 0 spiro atoms. The second-order valence-corrected chi connectivity index (χ2v) is 3.91. The summed E-state index contributed by atoms with van der Waals surface area (Å²) in [5.41, 5.74) is 4.85. The Morgan fingerprint density at radius 1 is 1.77 bits per heavy atom. The van der Waals surface area contributed by atoms with Crippen LogP contribution in [0.1, 0.15) is 13.3 Å². The third-order valence-electron chi connectivity index (χ3n) is 1.79. The predicted molar refractivity (Wildman–Crippen MR) is 55.9 cm³/mol. The van der Waals surface area contributed by atoms with E-state index >= 15 is 0 Å². The van der Waals surface area contributed by atoms with Gasteiger partial charge >= 0.3 is 0 Å². The third-order valence-corrected chi connectivity index (χ3v) is 2.95. The molecule has 0 aromatic carbocycles. The maximum absolute atomic E-state index is 10.7. The SMILES string of the molecule is C/C=C\N.O=C1C[C@H]2SCC=CN12. The average molecular weight is 198 g/mol. The first-order chi connectivity index (χ1) is 6.29. The maximum Gasteiger partial charge on any atom is 0.230 e. The van der Waals surface area contributed by atoms with Gasteiger partial charge in [0, 0.05) is 12.0 Å². The van der Waals surface area contributed by atoms with Crippen LogP contribution in [-0.4, -0.2) is 21.9 Å². The molecule has 1 amide bonds. The van der Waals surface area contributed by atoms with Crippen molar-refractivity contribution in [3.05, 3.63) is 24.6 Å². The number of fused-ring (bicyclic) bond motifs is 1. The quantitative estimate of drug-likeness (QED) is 0.596. The Hall–Kier alpha value is -0.900. The van der Waals surface area contributed by atoms with Crippen LogP contribution >= 0.6 is 11.8 Å².